The Bertz CT molecular complexity index is 83.3. The molecule has 1 rings (SSSR count). The van der Waals surface area contributed by atoms with Crippen molar-refractivity contribution >= 4 is 0 Å². The Morgan fingerprint density at radius 3 is 2.20 bits per heavy atom. The average molecular weight is 143 g/mol. The predicted octanol–water partition coefficient (Wildman–Crippen LogP) is 0.744. The normalized spacial score (nSPS) is 34.2. The van der Waals surface area contributed by atoms with Gasteiger partial charge in [0.15, 0.2) is 0 Å². The first-order valence-electron chi connectivity index (χ1n) is 4.19. The second-order valence-corrected chi connectivity index (χ2v) is 3.22. The van der Waals surface area contributed by atoms with Crippen molar-refractivity contribution in [3.63, 3.8) is 0 Å². The molecule has 3 N–H and O–H groups in total. The molecule has 0 aromatic carbocycles. The van der Waals surface area contributed by atoms with Gasteiger partial charge in [-0.05, 0) is 31.2 Å². The summed E-state index contributed by atoms with van der Waals surface area (Å²) in [5.41, 5.74) is 5.56. The van der Waals surface area contributed by atoms with Gasteiger partial charge in [0.2, 0.25) is 0 Å². The first kappa shape index (κ1) is 8.02. The maximum atomic E-state index is 8.94. The van der Waals surface area contributed by atoms with Gasteiger partial charge in [-0.15, -0.1) is 0 Å². The molecule has 60 valence electrons. The van der Waals surface area contributed by atoms with Crippen LogP contribution in [0.1, 0.15) is 25.7 Å². The van der Waals surface area contributed by atoms with Crippen molar-refractivity contribution in [2.75, 3.05) is 13.2 Å². The monoisotopic (exact) mass is 143 g/mol. The van der Waals surface area contributed by atoms with Crippen LogP contribution >= 0.6 is 0 Å². The highest BCUT2D eigenvalue weighted by molar-refractivity contribution is 4.74. The molecule has 2 atom stereocenters. The van der Waals surface area contributed by atoms with Crippen LogP contribution in [0.3, 0.4) is 0 Å². The van der Waals surface area contributed by atoms with Gasteiger partial charge in [0.1, 0.15) is 0 Å². The molecule has 1 saturated carbocycles. The zero-order chi connectivity index (χ0) is 7.40. The van der Waals surface area contributed by atoms with Gasteiger partial charge in [-0.25, -0.2) is 0 Å². The summed E-state index contributed by atoms with van der Waals surface area (Å²) in [6.45, 7) is 1.09. The van der Waals surface area contributed by atoms with E-state index >= 15 is 0 Å². The molecule has 0 spiro atoms. The number of rotatable bonds is 2. The molecule has 0 saturated heterocycles. The van der Waals surface area contributed by atoms with Gasteiger partial charge < -0.3 is 10.8 Å². The number of aliphatic hydroxyl groups excluding tert-OH is 1. The number of aliphatic hydroxyl groups is 1. The van der Waals surface area contributed by atoms with Crippen LogP contribution in [0.4, 0.5) is 0 Å². The third kappa shape index (κ3) is 1.70. The zero-order valence-corrected chi connectivity index (χ0v) is 6.42. The molecule has 1 unspecified atom stereocenters. The van der Waals surface area contributed by atoms with Gasteiger partial charge in [0, 0.05) is 6.61 Å². The Kier molecular flexibility index (Phi) is 3.16. The smallest absolute Gasteiger partial charge is 0.0462 e. The maximum absolute atomic E-state index is 8.94. The number of hydrogen-bond acceptors (Lipinski definition) is 2. The number of nitrogens with two attached hydrogens (primary N) is 1. The van der Waals surface area contributed by atoms with Crippen molar-refractivity contribution in [3.05, 3.63) is 0 Å². The van der Waals surface area contributed by atoms with Crippen LogP contribution in [-0.4, -0.2) is 18.3 Å². The molecule has 0 bridgehead atoms. The van der Waals surface area contributed by atoms with E-state index in [0.29, 0.717) is 18.4 Å². The highest BCUT2D eigenvalue weighted by atomic mass is 16.3. The highest BCUT2D eigenvalue weighted by Crippen LogP contribution is 2.28. The first-order valence-corrected chi connectivity index (χ1v) is 4.19. The van der Waals surface area contributed by atoms with Crippen LogP contribution in [0, 0.1) is 11.8 Å². The molecule has 10 heavy (non-hydrogen) atoms. The number of hydrogen-bond donors (Lipinski definition) is 2. The summed E-state index contributed by atoms with van der Waals surface area (Å²) >= 11 is 0. The zero-order valence-electron chi connectivity index (χ0n) is 6.42. The Morgan fingerprint density at radius 1 is 1.20 bits per heavy atom. The van der Waals surface area contributed by atoms with Crippen LogP contribution in [0.5, 0.6) is 0 Å². The minimum atomic E-state index is 0.335. The van der Waals surface area contributed by atoms with E-state index in [0.717, 1.165) is 6.54 Å². The molecule has 1 aliphatic carbocycles. The predicted molar refractivity (Wildman–Crippen MR) is 41.6 cm³/mol. The Morgan fingerprint density at radius 2 is 1.80 bits per heavy atom. The van der Waals surface area contributed by atoms with E-state index in [2.05, 4.69) is 0 Å². The van der Waals surface area contributed by atoms with Crippen LogP contribution in [0.2, 0.25) is 0 Å². The minimum absolute atomic E-state index is 0.335. The third-order valence-corrected chi connectivity index (χ3v) is 2.60. The Balaban J connectivity index is 2.34. The summed E-state index contributed by atoms with van der Waals surface area (Å²) in [5, 5.41) is 8.94. The quantitative estimate of drug-likeness (QED) is 0.599. The van der Waals surface area contributed by atoms with Crippen molar-refractivity contribution in [2.24, 2.45) is 17.6 Å². The second-order valence-electron chi connectivity index (χ2n) is 3.22. The largest absolute Gasteiger partial charge is 0.396 e. The van der Waals surface area contributed by atoms with E-state index in [-0.39, 0.29) is 0 Å². The average Bonchev–Trinajstić information content (AvgIpc) is 2.04. The summed E-state index contributed by atoms with van der Waals surface area (Å²) in [6, 6.07) is 0. The van der Waals surface area contributed by atoms with Crippen LogP contribution < -0.4 is 5.73 Å². The lowest BCUT2D eigenvalue weighted by Gasteiger charge is -2.28. The fourth-order valence-electron chi connectivity index (χ4n) is 1.84. The minimum Gasteiger partial charge on any atom is -0.396 e. The molecule has 0 aromatic rings. The van der Waals surface area contributed by atoms with Gasteiger partial charge in [0.05, 0.1) is 0 Å². The van der Waals surface area contributed by atoms with Crippen LogP contribution in [0.25, 0.3) is 0 Å². The molecule has 0 aromatic heterocycles. The van der Waals surface area contributed by atoms with E-state index in [9.17, 15) is 0 Å². The molecule has 1 fully saturated rings. The van der Waals surface area contributed by atoms with Gasteiger partial charge >= 0.3 is 0 Å². The summed E-state index contributed by atoms with van der Waals surface area (Å²) in [7, 11) is 0. The molecule has 0 amide bonds. The lowest BCUT2D eigenvalue weighted by atomic mass is 9.80. The fourth-order valence-corrected chi connectivity index (χ4v) is 1.84. The molecule has 1 aliphatic rings. The molecule has 0 aliphatic heterocycles. The second kappa shape index (κ2) is 3.94. The first-order chi connectivity index (χ1) is 4.88. The Hall–Kier alpha value is -0.0800. The van der Waals surface area contributed by atoms with Crippen LogP contribution in [0.15, 0.2) is 0 Å². The fraction of sp³-hybridized carbons (Fsp3) is 1.00. The lowest BCUT2D eigenvalue weighted by Crippen LogP contribution is -2.28. The molecule has 0 radical (unpaired) electrons. The molecular formula is C8H17NO. The van der Waals surface area contributed by atoms with Gasteiger partial charge in [0.25, 0.3) is 0 Å². The van der Waals surface area contributed by atoms with E-state index in [1.54, 1.807) is 0 Å². The third-order valence-electron chi connectivity index (χ3n) is 2.60. The Labute approximate surface area is 62.4 Å². The molecule has 2 heteroatoms. The highest BCUT2D eigenvalue weighted by Gasteiger charge is 2.22. The lowest BCUT2D eigenvalue weighted by molar-refractivity contribution is 0.138. The maximum Gasteiger partial charge on any atom is 0.0462 e. The van der Waals surface area contributed by atoms with E-state index in [1.165, 1.54) is 25.7 Å². The topological polar surface area (TPSA) is 46.2 Å². The summed E-state index contributed by atoms with van der Waals surface area (Å²) in [5.74, 6) is 1.09. The van der Waals surface area contributed by atoms with Gasteiger partial charge in [-0.2, -0.15) is 0 Å². The van der Waals surface area contributed by atoms with E-state index in [1.807, 2.05) is 0 Å². The molecule has 2 nitrogen and oxygen atoms in total. The van der Waals surface area contributed by atoms with Crippen molar-refractivity contribution in [1.29, 1.82) is 0 Å². The summed E-state index contributed by atoms with van der Waals surface area (Å²) in [4.78, 5) is 0. The van der Waals surface area contributed by atoms with Crippen LogP contribution in [-0.2, 0) is 0 Å². The summed E-state index contributed by atoms with van der Waals surface area (Å²) < 4.78 is 0. The van der Waals surface area contributed by atoms with Crippen molar-refractivity contribution in [2.45, 2.75) is 25.7 Å². The molecular weight excluding hydrogens is 126 g/mol. The van der Waals surface area contributed by atoms with Crippen molar-refractivity contribution < 1.29 is 5.11 Å². The van der Waals surface area contributed by atoms with Gasteiger partial charge in [-0.1, -0.05) is 12.8 Å². The SMILES string of the molecule is NC[C@@H]1CCCCC1CO. The van der Waals surface area contributed by atoms with E-state index < -0.39 is 0 Å². The van der Waals surface area contributed by atoms with E-state index in [4.69, 9.17) is 10.8 Å². The van der Waals surface area contributed by atoms with Crippen molar-refractivity contribution in [1.82, 2.24) is 0 Å². The summed E-state index contributed by atoms with van der Waals surface area (Å²) in [6.07, 6.45) is 4.99. The van der Waals surface area contributed by atoms with Gasteiger partial charge in [-0.3, -0.25) is 0 Å². The van der Waals surface area contributed by atoms with Crippen molar-refractivity contribution in [3.8, 4) is 0 Å². The molecule has 0 heterocycles. The standard InChI is InChI=1S/C8H17NO/c9-5-7-3-1-2-4-8(7)6-10/h7-8,10H,1-6,9H2/t7-,8?/m0/s1.